The first-order valence-corrected chi connectivity index (χ1v) is 11.9. The predicted molar refractivity (Wildman–Crippen MR) is 122 cm³/mol. The van der Waals surface area contributed by atoms with Crippen molar-refractivity contribution in [1.29, 1.82) is 0 Å². The number of rotatable bonds is 15. The molecule has 0 saturated carbocycles. The average molecular weight is 517 g/mol. The zero-order chi connectivity index (χ0) is 26.9. The smallest absolute Gasteiger partial charge is 0.335 e. The van der Waals surface area contributed by atoms with Crippen molar-refractivity contribution in [2.75, 3.05) is 39.5 Å². The largest absolute Gasteiger partial charge is 0.379 e. The van der Waals surface area contributed by atoms with Gasteiger partial charge in [0.1, 0.15) is 0 Å². The lowest BCUT2D eigenvalue weighted by atomic mass is 10.1. The first kappa shape index (κ1) is 31.1. The summed E-state index contributed by atoms with van der Waals surface area (Å²) in [5.74, 6) is -4.83. The monoisotopic (exact) mass is 516 g/mol. The highest BCUT2D eigenvalue weighted by molar-refractivity contribution is 6.02. The van der Waals surface area contributed by atoms with Crippen LogP contribution in [0.5, 0.6) is 0 Å². The van der Waals surface area contributed by atoms with Crippen molar-refractivity contribution in [3.8, 4) is 0 Å². The van der Waals surface area contributed by atoms with Gasteiger partial charge in [-0.25, -0.2) is 9.59 Å². The van der Waals surface area contributed by atoms with Crippen LogP contribution in [0.4, 0.5) is 0 Å². The van der Waals surface area contributed by atoms with E-state index in [2.05, 4.69) is 4.84 Å². The summed E-state index contributed by atoms with van der Waals surface area (Å²) in [6.45, 7) is 5.61. The van der Waals surface area contributed by atoms with Crippen molar-refractivity contribution in [3.05, 3.63) is 0 Å². The molecule has 204 valence electrons. The summed E-state index contributed by atoms with van der Waals surface area (Å²) in [4.78, 5) is 78.1. The summed E-state index contributed by atoms with van der Waals surface area (Å²) in [7, 11) is 0. The number of ether oxygens (including phenoxy) is 2. The third-order valence-electron chi connectivity index (χ3n) is 4.93. The molecule has 1 unspecified atom stereocenters. The average Bonchev–Trinajstić information content (AvgIpc) is 3.34. The lowest BCUT2D eigenvalue weighted by Crippen LogP contribution is -2.34. The van der Waals surface area contributed by atoms with E-state index in [0.717, 1.165) is 26.1 Å². The van der Waals surface area contributed by atoms with Gasteiger partial charge < -0.3 is 30.6 Å². The van der Waals surface area contributed by atoms with E-state index in [1.807, 2.05) is 0 Å². The molecule has 0 aliphatic carbocycles. The number of imide groups is 2. The van der Waals surface area contributed by atoms with Crippen LogP contribution in [-0.2, 0) is 47.9 Å². The lowest BCUT2D eigenvalue weighted by Gasteiger charge is -2.16. The van der Waals surface area contributed by atoms with Crippen LogP contribution in [0.1, 0.15) is 58.3 Å². The molecular weight excluding hydrogens is 480 g/mol. The molecule has 0 bridgehead atoms. The quantitative estimate of drug-likeness (QED) is 0.206. The van der Waals surface area contributed by atoms with Crippen molar-refractivity contribution >= 4 is 35.6 Å². The summed E-state index contributed by atoms with van der Waals surface area (Å²) < 4.78 is 10.4. The number of hydroxylamine groups is 4. The number of nitrogens with two attached hydrogens (primary N) is 2. The molecule has 0 spiro atoms. The van der Waals surface area contributed by atoms with E-state index in [4.69, 9.17) is 25.8 Å². The molecule has 2 saturated heterocycles. The molecule has 2 fully saturated rings. The van der Waals surface area contributed by atoms with Gasteiger partial charge >= 0.3 is 11.9 Å². The van der Waals surface area contributed by atoms with Gasteiger partial charge in [0, 0.05) is 45.3 Å². The fraction of sp³-hybridized carbons (Fsp3) is 0.727. The molecular formula is C22H36N4O10. The number of hydrogen-bond donors (Lipinski definition) is 2. The second-order valence-corrected chi connectivity index (χ2v) is 7.99. The van der Waals surface area contributed by atoms with Gasteiger partial charge in [0.15, 0.2) is 0 Å². The number of carbonyl (C=O) groups is 6. The molecule has 0 aromatic heterocycles. The zero-order valence-electron chi connectivity index (χ0n) is 20.6. The van der Waals surface area contributed by atoms with Crippen molar-refractivity contribution in [1.82, 2.24) is 10.1 Å². The molecule has 36 heavy (non-hydrogen) atoms. The molecule has 4 N–H and O–H groups in total. The molecule has 2 rings (SSSR count). The molecule has 2 aliphatic heterocycles. The van der Waals surface area contributed by atoms with Gasteiger partial charge in [0.25, 0.3) is 23.6 Å². The second-order valence-electron chi connectivity index (χ2n) is 7.99. The minimum absolute atomic E-state index is 0.00408. The Morgan fingerprint density at radius 2 is 1.17 bits per heavy atom. The van der Waals surface area contributed by atoms with Crippen LogP contribution in [-0.4, -0.2) is 85.2 Å². The molecule has 14 nitrogen and oxygen atoms in total. The Bertz CT molecular complexity index is 734. The number of hydrogen-bond acceptors (Lipinski definition) is 12. The number of amides is 4. The van der Waals surface area contributed by atoms with E-state index in [1.54, 1.807) is 0 Å². The Morgan fingerprint density at radius 3 is 1.58 bits per heavy atom. The summed E-state index contributed by atoms with van der Waals surface area (Å²) in [6, 6.07) is 0. The van der Waals surface area contributed by atoms with Crippen LogP contribution < -0.4 is 11.5 Å². The van der Waals surface area contributed by atoms with E-state index in [1.165, 1.54) is 6.92 Å². The normalized spacial score (nSPS) is 16.2. The van der Waals surface area contributed by atoms with E-state index < -0.39 is 41.5 Å². The van der Waals surface area contributed by atoms with Gasteiger partial charge in [-0.2, -0.15) is 0 Å². The maximum atomic E-state index is 11.8. The molecule has 0 aromatic carbocycles. The van der Waals surface area contributed by atoms with Gasteiger partial charge in [0.2, 0.25) is 0 Å². The fourth-order valence-electron chi connectivity index (χ4n) is 2.79. The highest BCUT2D eigenvalue weighted by atomic mass is 16.7. The summed E-state index contributed by atoms with van der Waals surface area (Å²) >= 11 is 0. The minimum Gasteiger partial charge on any atom is -0.379 e. The standard InChI is InChI=1S/C14H16N2O8.C8H20N2O2/c1-8(14(22)24-16-11(19)5-6-12(16)20)2-7-13(21)23-15-9(17)3-4-10(15)18;9-3-1-5-11-7-8-12-6-2-4-10/h8H,2-7H2,1H3;1-10H2. The first-order valence-electron chi connectivity index (χ1n) is 11.9. The highest BCUT2D eigenvalue weighted by Gasteiger charge is 2.35. The van der Waals surface area contributed by atoms with Gasteiger partial charge in [-0.05, 0) is 32.4 Å². The molecule has 14 heteroatoms. The third-order valence-corrected chi connectivity index (χ3v) is 4.93. The van der Waals surface area contributed by atoms with Crippen LogP contribution in [0, 0.1) is 5.92 Å². The lowest BCUT2D eigenvalue weighted by molar-refractivity contribution is -0.201. The van der Waals surface area contributed by atoms with Crippen LogP contribution in [0.15, 0.2) is 0 Å². The van der Waals surface area contributed by atoms with Crippen LogP contribution in [0.3, 0.4) is 0 Å². The highest BCUT2D eigenvalue weighted by Crippen LogP contribution is 2.17. The van der Waals surface area contributed by atoms with Crippen LogP contribution >= 0.6 is 0 Å². The number of carbonyl (C=O) groups excluding carboxylic acids is 6. The Morgan fingerprint density at radius 1 is 0.750 bits per heavy atom. The molecule has 0 aromatic rings. The Hall–Kier alpha value is -2.94. The van der Waals surface area contributed by atoms with Crippen LogP contribution in [0.25, 0.3) is 0 Å². The number of nitrogens with zero attached hydrogens (tertiary/aromatic N) is 2. The fourth-order valence-corrected chi connectivity index (χ4v) is 2.79. The zero-order valence-corrected chi connectivity index (χ0v) is 20.6. The van der Waals surface area contributed by atoms with E-state index >= 15 is 0 Å². The van der Waals surface area contributed by atoms with Gasteiger partial charge in [0.05, 0.1) is 19.1 Å². The molecule has 4 amide bonds. The second kappa shape index (κ2) is 17.5. The third kappa shape index (κ3) is 11.7. The first-order chi connectivity index (χ1) is 17.2. The minimum atomic E-state index is -0.841. The van der Waals surface area contributed by atoms with E-state index in [0.29, 0.717) is 36.4 Å². The SMILES string of the molecule is CC(CCC(=O)ON1C(=O)CCC1=O)C(=O)ON1C(=O)CCC1=O.NCCCOCCOCCCN. The Kier molecular flexibility index (Phi) is 15.1. The van der Waals surface area contributed by atoms with Crippen molar-refractivity contribution < 1.29 is 47.9 Å². The maximum Gasteiger partial charge on any atom is 0.335 e. The van der Waals surface area contributed by atoms with Crippen LogP contribution in [0.2, 0.25) is 0 Å². The molecule has 0 radical (unpaired) electrons. The summed E-state index contributed by atoms with van der Waals surface area (Å²) in [5.41, 5.74) is 10.6. The maximum absolute atomic E-state index is 11.8. The van der Waals surface area contributed by atoms with E-state index in [-0.39, 0.29) is 38.5 Å². The molecule has 2 heterocycles. The van der Waals surface area contributed by atoms with E-state index in [9.17, 15) is 28.8 Å². The van der Waals surface area contributed by atoms with Crippen molar-refractivity contribution in [3.63, 3.8) is 0 Å². The topological polar surface area (TPSA) is 198 Å². The van der Waals surface area contributed by atoms with Crippen molar-refractivity contribution in [2.45, 2.75) is 58.3 Å². The Balaban J connectivity index is 0.000000457. The van der Waals surface area contributed by atoms with Gasteiger partial charge in [-0.1, -0.05) is 6.92 Å². The molecule has 2 aliphatic rings. The van der Waals surface area contributed by atoms with Gasteiger partial charge in [-0.3, -0.25) is 19.2 Å². The molecule has 1 atom stereocenters. The van der Waals surface area contributed by atoms with Crippen molar-refractivity contribution in [2.24, 2.45) is 17.4 Å². The summed E-state index contributed by atoms with van der Waals surface area (Å²) in [5, 5.41) is 0.853. The predicted octanol–water partition coefficient (Wildman–Crippen LogP) is -0.666. The summed E-state index contributed by atoms with van der Waals surface area (Å²) in [6.07, 6.45) is 1.57. The Labute approximate surface area is 209 Å². The van der Waals surface area contributed by atoms with Gasteiger partial charge in [-0.15, -0.1) is 10.1 Å².